The fourth-order valence-electron chi connectivity index (χ4n) is 2.76. The molecule has 0 saturated heterocycles. The topological polar surface area (TPSA) is 44.5 Å². The molecule has 2 N–H and O–H groups in total. The third-order valence-corrected chi connectivity index (χ3v) is 4.16. The average molecular weight is 327 g/mol. The van der Waals surface area contributed by atoms with Crippen molar-refractivity contribution < 1.29 is 9.47 Å². The smallest absolute Gasteiger partial charge is 0.121 e. The van der Waals surface area contributed by atoms with Crippen LogP contribution in [0.5, 0.6) is 11.5 Å². The van der Waals surface area contributed by atoms with Crippen LogP contribution in [0, 0.1) is 12.8 Å². The van der Waals surface area contributed by atoms with Gasteiger partial charge in [-0.15, -0.1) is 0 Å². The molecule has 1 atom stereocenters. The van der Waals surface area contributed by atoms with E-state index in [1.807, 2.05) is 18.2 Å². The number of benzene rings is 2. The summed E-state index contributed by atoms with van der Waals surface area (Å²) >= 11 is 0. The fraction of sp³-hybridized carbons (Fsp3) is 0.429. The molecule has 0 fully saturated rings. The van der Waals surface area contributed by atoms with Crippen LogP contribution in [0.1, 0.15) is 36.5 Å². The molecule has 1 unspecified atom stereocenters. The first kappa shape index (κ1) is 18.3. The van der Waals surface area contributed by atoms with E-state index in [9.17, 15) is 0 Å². The van der Waals surface area contributed by atoms with Crippen molar-refractivity contribution in [3.05, 3.63) is 59.2 Å². The van der Waals surface area contributed by atoms with Gasteiger partial charge >= 0.3 is 0 Å². The predicted octanol–water partition coefficient (Wildman–Crippen LogP) is 4.32. The molecule has 2 rings (SSSR count). The van der Waals surface area contributed by atoms with Crippen LogP contribution in [0.4, 0.5) is 0 Å². The van der Waals surface area contributed by atoms with Gasteiger partial charge in [-0.25, -0.2) is 0 Å². The van der Waals surface area contributed by atoms with E-state index in [-0.39, 0.29) is 0 Å². The van der Waals surface area contributed by atoms with Gasteiger partial charge in [-0.3, -0.25) is 0 Å². The van der Waals surface area contributed by atoms with E-state index < -0.39 is 0 Å². The highest BCUT2D eigenvalue weighted by Crippen LogP contribution is 2.26. The molecule has 130 valence electrons. The Morgan fingerprint density at radius 2 is 1.75 bits per heavy atom. The fourth-order valence-corrected chi connectivity index (χ4v) is 2.76. The number of hydrogen-bond donors (Lipinski definition) is 1. The van der Waals surface area contributed by atoms with Gasteiger partial charge in [0, 0.05) is 5.92 Å². The molecule has 0 bridgehead atoms. The summed E-state index contributed by atoms with van der Waals surface area (Å²) < 4.78 is 11.1. The molecule has 0 amide bonds. The predicted molar refractivity (Wildman–Crippen MR) is 100 cm³/mol. The zero-order chi connectivity index (χ0) is 17.5. The molecule has 0 aliphatic carbocycles. The molecular formula is C21H29NO2. The molecule has 24 heavy (non-hydrogen) atoms. The van der Waals surface area contributed by atoms with Crippen molar-refractivity contribution in [1.29, 1.82) is 0 Å². The van der Waals surface area contributed by atoms with Crippen molar-refractivity contribution in [1.82, 2.24) is 0 Å². The molecule has 0 saturated carbocycles. The third-order valence-electron chi connectivity index (χ3n) is 4.16. The normalized spacial score (nSPS) is 12.2. The Kier molecular flexibility index (Phi) is 6.68. The van der Waals surface area contributed by atoms with Gasteiger partial charge < -0.3 is 15.2 Å². The van der Waals surface area contributed by atoms with E-state index in [0.717, 1.165) is 30.1 Å². The average Bonchev–Trinajstić information content (AvgIpc) is 2.58. The Bertz CT molecular complexity index is 635. The number of nitrogens with two attached hydrogens (primary N) is 1. The van der Waals surface area contributed by atoms with Gasteiger partial charge in [-0.1, -0.05) is 38.1 Å². The number of ether oxygens (including phenoxy) is 2. The number of aryl methyl sites for hydroxylation is 1. The quantitative estimate of drug-likeness (QED) is 0.785. The Morgan fingerprint density at radius 1 is 1.04 bits per heavy atom. The maximum Gasteiger partial charge on any atom is 0.121 e. The summed E-state index contributed by atoms with van der Waals surface area (Å²) in [7, 11) is 1.70. The van der Waals surface area contributed by atoms with Crippen molar-refractivity contribution in [3.8, 4) is 11.5 Å². The molecule has 0 spiro atoms. The second-order valence-corrected chi connectivity index (χ2v) is 6.71. The summed E-state index contributed by atoms with van der Waals surface area (Å²) in [5.41, 5.74) is 9.71. The highest BCUT2D eigenvalue weighted by molar-refractivity contribution is 5.38. The van der Waals surface area contributed by atoms with E-state index in [0.29, 0.717) is 18.4 Å². The Morgan fingerprint density at radius 3 is 2.29 bits per heavy atom. The summed E-state index contributed by atoms with van der Waals surface area (Å²) in [6.45, 7) is 7.73. The minimum absolute atomic E-state index is 0.303. The first-order chi connectivity index (χ1) is 11.5. The molecular weight excluding hydrogens is 298 g/mol. The van der Waals surface area contributed by atoms with Crippen LogP contribution < -0.4 is 15.2 Å². The van der Waals surface area contributed by atoms with E-state index in [1.54, 1.807) is 7.11 Å². The second-order valence-electron chi connectivity index (χ2n) is 6.71. The van der Waals surface area contributed by atoms with E-state index in [4.69, 9.17) is 15.2 Å². The lowest BCUT2D eigenvalue weighted by atomic mass is 9.91. The molecule has 2 aromatic rings. The van der Waals surface area contributed by atoms with Crippen LogP contribution in [-0.4, -0.2) is 20.3 Å². The Hall–Kier alpha value is -2.00. The van der Waals surface area contributed by atoms with Crippen molar-refractivity contribution in [2.24, 2.45) is 11.7 Å². The van der Waals surface area contributed by atoms with Gasteiger partial charge in [0.25, 0.3) is 0 Å². The van der Waals surface area contributed by atoms with Gasteiger partial charge in [-0.2, -0.15) is 0 Å². The number of methoxy groups -OCH3 is 1. The van der Waals surface area contributed by atoms with Crippen LogP contribution in [0.2, 0.25) is 0 Å². The van der Waals surface area contributed by atoms with Crippen LogP contribution >= 0.6 is 0 Å². The largest absolute Gasteiger partial charge is 0.496 e. The van der Waals surface area contributed by atoms with Crippen LogP contribution in [0.25, 0.3) is 0 Å². The second kappa shape index (κ2) is 8.74. The molecule has 0 aromatic heterocycles. The molecule has 0 aliphatic heterocycles. The van der Waals surface area contributed by atoms with Gasteiger partial charge in [0.05, 0.1) is 13.7 Å². The van der Waals surface area contributed by atoms with Crippen molar-refractivity contribution in [2.75, 3.05) is 20.3 Å². The van der Waals surface area contributed by atoms with E-state index in [1.165, 1.54) is 11.1 Å². The molecule has 0 aliphatic rings. The highest BCUT2D eigenvalue weighted by Gasteiger charge is 2.12. The van der Waals surface area contributed by atoms with Crippen molar-refractivity contribution in [3.63, 3.8) is 0 Å². The van der Waals surface area contributed by atoms with Crippen LogP contribution in [-0.2, 0) is 6.42 Å². The first-order valence-corrected chi connectivity index (χ1v) is 8.59. The van der Waals surface area contributed by atoms with Crippen molar-refractivity contribution in [2.45, 2.75) is 33.1 Å². The molecule has 3 nitrogen and oxygen atoms in total. The van der Waals surface area contributed by atoms with Crippen molar-refractivity contribution >= 4 is 0 Å². The number of rotatable bonds is 8. The first-order valence-electron chi connectivity index (χ1n) is 8.59. The molecule has 3 heteroatoms. The molecule has 2 aromatic carbocycles. The summed E-state index contributed by atoms with van der Waals surface area (Å²) in [4.78, 5) is 0. The van der Waals surface area contributed by atoms with E-state index >= 15 is 0 Å². The van der Waals surface area contributed by atoms with Gasteiger partial charge in [0.1, 0.15) is 11.5 Å². The summed E-state index contributed by atoms with van der Waals surface area (Å²) in [6.07, 6.45) is 0.923. The highest BCUT2D eigenvalue weighted by atomic mass is 16.5. The maximum atomic E-state index is 6.03. The third kappa shape index (κ3) is 5.00. The van der Waals surface area contributed by atoms with Gasteiger partial charge in [0.2, 0.25) is 0 Å². The minimum atomic E-state index is 0.303. The number of hydrogen-bond acceptors (Lipinski definition) is 3. The van der Waals surface area contributed by atoms with Gasteiger partial charge in [-0.05, 0) is 60.7 Å². The summed E-state index contributed by atoms with van der Waals surface area (Å²) in [6, 6.07) is 14.7. The minimum Gasteiger partial charge on any atom is -0.496 e. The zero-order valence-electron chi connectivity index (χ0n) is 15.2. The molecule has 0 radical (unpaired) electrons. The lowest BCUT2D eigenvalue weighted by Gasteiger charge is -2.17. The lowest BCUT2D eigenvalue weighted by molar-refractivity contribution is 0.271. The Labute approximate surface area is 145 Å². The summed E-state index contributed by atoms with van der Waals surface area (Å²) in [5, 5.41) is 0. The molecule has 0 heterocycles. The SMILES string of the molecule is COc1ccc(C(CN)Cc2ccc(OCC(C)C)cc2)cc1C. The van der Waals surface area contributed by atoms with Crippen LogP contribution in [0.3, 0.4) is 0 Å². The standard InChI is InChI=1S/C21H29NO2/c1-15(2)14-24-20-8-5-17(6-9-20)12-19(13-22)18-7-10-21(23-4)16(3)11-18/h5-11,15,19H,12-14,22H2,1-4H3. The van der Waals surface area contributed by atoms with E-state index in [2.05, 4.69) is 45.0 Å². The Balaban J connectivity index is 2.05. The summed E-state index contributed by atoms with van der Waals surface area (Å²) in [5.74, 6) is 2.68. The van der Waals surface area contributed by atoms with Gasteiger partial charge in [0.15, 0.2) is 0 Å². The maximum absolute atomic E-state index is 6.03. The monoisotopic (exact) mass is 327 g/mol. The van der Waals surface area contributed by atoms with Crippen LogP contribution in [0.15, 0.2) is 42.5 Å². The zero-order valence-corrected chi connectivity index (χ0v) is 15.2. The lowest BCUT2D eigenvalue weighted by Crippen LogP contribution is -2.15.